The van der Waals surface area contributed by atoms with Gasteiger partial charge in [-0.1, -0.05) is 25.1 Å². The number of hydrogen-bond acceptors (Lipinski definition) is 4. The summed E-state index contributed by atoms with van der Waals surface area (Å²) in [4.78, 5) is 24.4. The fourth-order valence-corrected chi connectivity index (χ4v) is 2.71. The van der Waals surface area contributed by atoms with Crippen LogP contribution in [0.25, 0.3) is 10.9 Å². The van der Waals surface area contributed by atoms with Crippen molar-refractivity contribution < 1.29 is 9.59 Å². The molecular weight excluding hydrogens is 294 g/mol. The van der Waals surface area contributed by atoms with Gasteiger partial charge in [-0.15, -0.1) is 10.2 Å². The normalized spacial score (nSPS) is 12.3. The molecule has 0 bridgehead atoms. The van der Waals surface area contributed by atoms with Crippen LogP contribution in [0.4, 0.5) is 0 Å². The number of benzene rings is 1. The largest absolute Gasteiger partial charge is 0.334 e. The van der Waals surface area contributed by atoms with Crippen LogP contribution in [0.1, 0.15) is 36.7 Å². The fourth-order valence-electron chi connectivity index (χ4n) is 2.71. The molecular formula is C16H17N5O2. The number of fused-ring (bicyclic) bond motifs is 1. The van der Waals surface area contributed by atoms with Crippen molar-refractivity contribution in [1.29, 1.82) is 0 Å². The number of hydrogen-bond donors (Lipinski definition) is 1. The Hall–Kier alpha value is -2.96. The number of aromatic nitrogens is 4. The molecule has 0 aliphatic heterocycles. The van der Waals surface area contributed by atoms with Crippen molar-refractivity contribution in [3.63, 3.8) is 0 Å². The lowest BCUT2D eigenvalue weighted by Gasteiger charge is -2.18. The first-order valence-corrected chi connectivity index (χ1v) is 7.37. The highest BCUT2D eigenvalue weighted by Crippen LogP contribution is 2.26. The quantitative estimate of drug-likeness (QED) is 0.732. The van der Waals surface area contributed by atoms with Crippen molar-refractivity contribution in [2.75, 3.05) is 5.43 Å². The van der Waals surface area contributed by atoms with Gasteiger partial charge < -0.3 is 4.57 Å². The zero-order chi connectivity index (χ0) is 16.4. The van der Waals surface area contributed by atoms with Gasteiger partial charge in [0.2, 0.25) is 0 Å². The zero-order valence-corrected chi connectivity index (χ0v) is 12.9. The molecule has 2 heterocycles. The first-order chi connectivity index (χ1) is 11.1. The molecule has 0 saturated heterocycles. The van der Waals surface area contributed by atoms with E-state index < -0.39 is 6.04 Å². The minimum absolute atomic E-state index is 0.0194. The molecule has 7 heteroatoms. The van der Waals surface area contributed by atoms with Gasteiger partial charge in [0, 0.05) is 22.7 Å². The Morgan fingerprint density at radius 2 is 1.91 bits per heavy atom. The van der Waals surface area contributed by atoms with Crippen molar-refractivity contribution in [2.45, 2.75) is 26.3 Å². The predicted octanol–water partition coefficient (Wildman–Crippen LogP) is 2.16. The third-order valence-electron chi connectivity index (χ3n) is 3.80. The number of nitrogens with zero attached hydrogens (tertiary/aromatic N) is 4. The molecule has 3 aromatic rings. The van der Waals surface area contributed by atoms with Gasteiger partial charge in [0.05, 0.1) is 0 Å². The number of para-hydroxylation sites is 1. The predicted molar refractivity (Wildman–Crippen MR) is 85.7 cm³/mol. The van der Waals surface area contributed by atoms with Crippen molar-refractivity contribution in [3.8, 4) is 0 Å². The third-order valence-corrected chi connectivity index (χ3v) is 3.80. The summed E-state index contributed by atoms with van der Waals surface area (Å²) in [5, 5.41) is 8.17. The molecule has 0 unspecified atom stereocenters. The molecule has 1 atom stereocenters. The number of ketones is 1. The lowest BCUT2D eigenvalue weighted by molar-refractivity contribution is -0.120. The monoisotopic (exact) mass is 311 g/mol. The first-order valence-electron chi connectivity index (χ1n) is 7.37. The molecule has 118 valence electrons. The van der Waals surface area contributed by atoms with E-state index in [1.54, 1.807) is 6.20 Å². The van der Waals surface area contributed by atoms with Crippen LogP contribution in [0.15, 0.2) is 43.1 Å². The van der Waals surface area contributed by atoms with Crippen LogP contribution in [-0.2, 0) is 4.79 Å². The lowest BCUT2D eigenvalue weighted by Crippen LogP contribution is -2.30. The third kappa shape index (κ3) is 2.73. The molecule has 0 aliphatic rings. The number of carbonyl (C=O) groups excluding carboxylic acids is 2. The lowest BCUT2D eigenvalue weighted by atomic mass is 10.1. The van der Waals surface area contributed by atoms with Gasteiger partial charge in [-0.2, -0.15) is 0 Å². The molecule has 7 nitrogen and oxygen atoms in total. The number of nitrogens with one attached hydrogen (secondary N) is 1. The van der Waals surface area contributed by atoms with E-state index in [0.29, 0.717) is 12.0 Å². The summed E-state index contributed by atoms with van der Waals surface area (Å²) in [6.45, 7) is 3.46. The van der Waals surface area contributed by atoms with Crippen LogP contribution >= 0.6 is 0 Å². The molecule has 1 aromatic carbocycles. The molecule has 0 radical (unpaired) electrons. The summed E-state index contributed by atoms with van der Waals surface area (Å²) in [5.74, 6) is -0.211. The van der Waals surface area contributed by atoms with Crippen LogP contribution in [0, 0.1) is 0 Å². The number of rotatable bonds is 5. The zero-order valence-electron chi connectivity index (χ0n) is 12.9. The van der Waals surface area contributed by atoms with Gasteiger partial charge in [0.15, 0.2) is 5.78 Å². The Morgan fingerprint density at radius 1 is 1.22 bits per heavy atom. The minimum atomic E-state index is -0.435. The average molecular weight is 311 g/mol. The Morgan fingerprint density at radius 3 is 2.57 bits per heavy atom. The van der Waals surface area contributed by atoms with Crippen LogP contribution in [-0.4, -0.2) is 31.1 Å². The highest BCUT2D eigenvalue weighted by atomic mass is 16.2. The molecule has 0 saturated carbocycles. The van der Waals surface area contributed by atoms with E-state index in [4.69, 9.17) is 0 Å². The number of Topliss-reactive ketones (excluding diaryl/α,β-unsaturated/α-hetero) is 1. The average Bonchev–Trinajstić information content (AvgIpc) is 3.16. The van der Waals surface area contributed by atoms with Gasteiger partial charge >= 0.3 is 0 Å². The molecule has 23 heavy (non-hydrogen) atoms. The Balaban J connectivity index is 2.02. The molecule has 1 amide bonds. The highest BCUT2D eigenvalue weighted by molar-refractivity contribution is 6.07. The number of amides is 1. The molecule has 3 rings (SSSR count). The minimum Gasteiger partial charge on any atom is -0.334 e. The van der Waals surface area contributed by atoms with Crippen molar-refractivity contribution >= 4 is 22.6 Å². The summed E-state index contributed by atoms with van der Waals surface area (Å²) in [6.07, 6.45) is 5.18. The Bertz CT molecular complexity index is 851. The van der Waals surface area contributed by atoms with Crippen LogP contribution in [0.5, 0.6) is 0 Å². The highest BCUT2D eigenvalue weighted by Gasteiger charge is 2.22. The maximum atomic E-state index is 12.6. The molecule has 2 aromatic heterocycles. The van der Waals surface area contributed by atoms with Crippen LogP contribution < -0.4 is 5.43 Å². The second kappa shape index (κ2) is 6.04. The van der Waals surface area contributed by atoms with E-state index in [1.807, 2.05) is 35.8 Å². The number of carbonyl (C=O) groups is 2. The Labute approximate surface area is 132 Å². The molecule has 0 spiro atoms. The van der Waals surface area contributed by atoms with Gasteiger partial charge in [-0.3, -0.25) is 15.0 Å². The summed E-state index contributed by atoms with van der Waals surface area (Å²) < 4.78 is 3.26. The van der Waals surface area contributed by atoms with Gasteiger partial charge in [-0.05, 0) is 19.4 Å². The summed E-state index contributed by atoms with van der Waals surface area (Å²) in [7, 11) is 0. The van der Waals surface area contributed by atoms with E-state index in [1.165, 1.54) is 24.3 Å². The van der Waals surface area contributed by atoms with Gasteiger partial charge in [0.1, 0.15) is 18.7 Å². The van der Waals surface area contributed by atoms with Crippen molar-refractivity contribution in [2.24, 2.45) is 0 Å². The molecule has 1 N–H and O–H groups in total. The summed E-state index contributed by atoms with van der Waals surface area (Å²) >= 11 is 0. The topological polar surface area (TPSA) is 81.8 Å². The van der Waals surface area contributed by atoms with Gasteiger partial charge in [0.25, 0.3) is 5.91 Å². The van der Waals surface area contributed by atoms with E-state index >= 15 is 0 Å². The van der Waals surface area contributed by atoms with Crippen molar-refractivity contribution in [1.82, 2.24) is 19.4 Å². The smallest absolute Gasteiger partial charge is 0.261 e. The van der Waals surface area contributed by atoms with Gasteiger partial charge in [-0.25, -0.2) is 4.68 Å². The maximum Gasteiger partial charge on any atom is 0.261 e. The molecule has 0 aliphatic carbocycles. The van der Waals surface area contributed by atoms with E-state index in [2.05, 4.69) is 15.6 Å². The standard InChI is InChI=1S/C16H17N5O2/c1-3-14(16(23)19-20-9-17-18-10-20)21-8-13(11(2)22)12-6-4-5-7-15(12)21/h4-10,14H,3H2,1-2H3,(H,19,23)/t14-/m0/s1. The summed E-state index contributed by atoms with van der Waals surface area (Å²) in [5.41, 5.74) is 4.21. The van der Waals surface area contributed by atoms with Crippen molar-refractivity contribution in [3.05, 3.63) is 48.7 Å². The van der Waals surface area contributed by atoms with E-state index in [0.717, 1.165) is 10.9 Å². The Kier molecular flexibility index (Phi) is 3.92. The first kappa shape index (κ1) is 15.0. The second-order valence-electron chi connectivity index (χ2n) is 5.29. The van der Waals surface area contributed by atoms with Crippen LogP contribution in [0.2, 0.25) is 0 Å². The SMILES string of the molecule is CC[C@@H](C(=O)Nn1cnnc1)n1cc(C(C)=O)c2ccccc21. The molecule has 0 fully saturated rings. The van der Waals surface area contributed by atoms with Crippen LogP contribution in [0.3, 0.4) is 0 Å². The second-order valence-corrected chi connectivity index (χ2v) is 5.29. The maximum absolute atomic E-state index is 12.6. The fraction of sp³-hybridized carbons (Fsp3) is 0.250. The van der Waals surface area contributed by atoms with E-state index in [9.17, 15) is 9.59 Å². The van der Waals surface area contributed by atoms with E-state index in [-0.39, 0.29) is 11.7 Å². The summed E-state index contributed by atoms with van der Waals surface area (Å²) in [6, 6.07) is 7.16.